The van der Waals surface area contributed by atoms with Crippen molar-refractivity contribution in [3.63, 3.8) is 0 Å². The van der Waals surface area contributed by atoms with E-state index in [9.17, 15) is 4.79 Å². The monoisotopic (exact) mass is 296 g/mol. The topological polar surface area (TPSA) is 64.4 Å². The fourth-order valence-electron chi connectivity index (χ4n) is 2.72. The number of para-hydroxylation sites is 1. The van der Waals surface area contributed by atoms with E-state index < -0.39 is 6.04 Å². The number of carbonyl (C=O) groups excluding carboxylic acids is 1. The number of carbonyl (C=O) groups is 1. The molecule has 22 heavy (non-hydrogen) atoms. The van der Waals surface area contributed by atoms with Crippen LogP contribution in [0.3, 0.4) is 0 Å². The van der Waals surface area contributed by atoms with Crippen LogP contribution in [0.4, 0.5) is 0 Å². The SMILES string of the molecule is C[C@@H](N)C(=O)NC1CCOc2c(-c3ccccc3)cccc21. The maximum Gasteiger partial charge on any atom is 0.237 e. The van der Waals surface area contributed by atoms with Crippen LogP contribution in [0.5, 0.6) is 5.75 Å². The zero-order chi connectivity index (χ0) is 15.5. The molecule has 3 N–H and O–H groups in total. The van der Waals surface area contributed by atoms with Crippen molar-refractivity contribution in [1.29, 1.82) is 0 Å². The average Bonchev–Trinajstić information content (AvgIpc) is 2.55. The van der Waals surface area contributed by atoms with E-state index in [4.69, 9.17) is 10.5 Å². The molecule has 114 valence electrons. The van der Waals surface area contributed by atoms with Crippen LogP contribution in [0.1, 0.15) is 24.9 Å². The third-order valence-electron chi connectivity index (χ3n) is 3.89. The van der Waals surface area contributed by atoms with Gasteiger partial charge in [0.05, 0.1) is 18.7 Å². The van der Waals surface area contributed by atoms with Gasteiger partial charge in [0.25, 0.3) is 0 Å². The highest BCUT2D eigenvalue weighted by atomic mass is 16.5. The Kier molecular flexibility index (Phi) is 4.11. The first-order valence-corrected chi connectivity index (χ1v) is 7.54. The highest BCUT2D eigenvalue weighted by molar-refractivity contribution is 5.82. The summed E-state index contributed by atoms with van der Waals surface area (Å²) in [5.74, 6) is 0.720. The number of ether oxygens (including phenoxy) is 1. The van der Waals surface area contributed by atoms with Crippen molar-refractivity contribution in [2.45, 2.75) is 25.4 Å². The zero-order valence-corrected chi connectivity index (χ0v) is 12.6. The van der Waals surface area contributed by atoms with Crippen LogP contribution in [0.15, 0.2) is 48.5 Å². The first-order chi connectivity index (χ1) is 10.7. The van der Waals surface area contributed by atoms with E-state index in [0.29, 0.717) is 6.61 Å². The van der Waals surface area contributed by atoms with Crippen LogP contribution < -0.4 is 15.8 Å². The molecule has 4 nitrogen and oxygen atoms in total. The maximum absolute atomic E-state index is 11.9. The molecule has 1 heterocycles. The molecule has 0 radical (unpaired) electrons. The van der Waals surface area contributed by atoms with Crippen molar-refractivity contribution in [3.8, 4) is 16.9 Å². The van der Waals surface area contributed by atoms with E-state index in [-0.39, 0.29) is 11.9 Å². The fraction of sp³-hybridized carbons (Fsp3) is 0.278. The summed E-state index contributed by atoms with van der Waals surface area (Å²) in [4.78, 5) is 11.9. The van der Waals surface area contributed by atoms with E-state index in [2.05, 4.69) is 17.4 Å². The normalized spacial score (nSPS) is 18.0. The minimum Gasteiger partial charge on any atom is -0.492 e. The first kappa shape index (κ1) is 14.6. The van der Waals surface area contributed by atoms with Gasteiger partial charge in [0.1, 0.15) is 5.75 Å². The van der Waals surface area contributed by atoms with Crippen molar-refractivity contribution < 1.29 is 9.53 Å². The summed E-state index contributed by atoms with van der Waals surface area (Å²) in [6, 6.07) is 15.6. The highest BCUT2D eigenvalue weighted by Gasteiger charge is 2.26. The molecule has 1 amide bonds. The molecule has 0 spiro atoms. The lowest BCUT2D eigenvalue weighted by molar-refractivity contribution is -0.122. The third-order valence-corrected chi connectivity index (χ3v) is 3.89. The molecule has 0 saturated carbocycles. The van der Waals surface area contributed by atoms with E-state index in [1.165, 1.54) is 0 Å². The molecule has 1 aliphatic rings. The Balaban J connectivity index is 1.97. The molecule has 2 aromatic rings. The molecule has 0 aliphatic carbocycles. The molecule has 2 aromatic carbocycles. The van der Waals surface area contributed by atoms with E-state index in [0.717, 1.165) is 28.9 Å². The first-order valence-electron chi connectivity index (χ1n) is 7.54. The lowest BCUT2D eigenvalue weighted by Gasteiger charge is -2.29. The minimum atomic E-state index is -0.511. The molecule has 1 unspecified atom stereocenters. The molecule has 0 fully saturated rings. The van der Waals surface area contributed by atoms with Gasteiger partial charge in [0.2, 0.25) is 5.91 Å². The molecular formula is C18H20N2O2. The van der Waals surface area contributed by atoms with E-state index in [1.807, 2.05) is 36.4 Å². The molecule has 2 atom stereocenters. The fourth-order valence-corrected chi connectivity index (χ4v) is 2.72. The Morgan fingerprint density at radius 3 is 2.73 bits per heavy atom. The van der Waals surface area contributed by atoms with Crippen LogP contribution in [0.2, 0.25) is 0 Å². The zero-order valence-electron chi connectivity index (χ0n) is 12.6. The Morgan fingerprint density at radius 1 is 1.23 bits per heavy atom. The maximum atomic E-state index is 11.9. The number of hydrogen-bond donors (Lipinski definition) is 2. The standard InChI is InChI=1S/C18H20N2O2/c1-12(19)18(21)20-16-10-11-22-17-14(8-5-9-15(16)17)13-6-3-2-4-7-13/h2-9,12,16H,10-11,19H2,1H3,(H,20,21)/t12-,16?/m1/s1. The van der Waals surface area contributed by atoms with Crippen LogP contribution in [0.25, 0.3) is 11.1 Å². The largest absolute Gasteiger partial charge is 0.492 e. The summed E-state index contributed by atoms with van der Waals surface area (Å²) in [6.07, 6.45) is 0.754. The predicted octanol–water partition coefficient (Wildman–Crippen LogP) is 2.64. The molecule has 0 bridgehead atoms. The number of benzene rings is 2. The summed E-state index contributed by atoms with van der Waals surface area (Å²) in [5.41, 5.74) is 8.83. The number of fused-ring (bicyclic) bond motifs is 1. The van der Waals surface area contributed by atoms with Gasteiger partial charge < -0.3 is 15.8 Å². The number of amides is 1. The Bertz CT molecular complexity index is 668. The molecule has 1 aliphatic heterocycles. The van der Waals surface area contributed by atoms with Gasteiger partial charge in [-0.25, -0.2) is 0 Å². The lowest BCUT2D eigenvalue weighted by Crippen LogP contribution is -2.41. The number of nitrogens with two attached hydrogens (primary N) is 1. The Hall–Kier alpha value is -2.33. The van der Waals surface area contributed by atoms with Crippen molar-refractivity contribution in [2.75, 3.05) is 6.61 Å². The second-order valence-electron chi connectivity index (χ2n) is 5.58. The molecule has 0 aromatic heterocycles. The second-order valence-corrected chi connectivity index (χ2v) is 5.58. The van der Waals surface area contributed by atoms with Gasteiger partial charge in [-0.2, -0.15) is 0 Å². The van der Waals surface area contributed by atoms with Crippen LogP contribution in [-0.4, -0.2) is 18.6 Å². The van der Waals surface area contributed by atoms with Crippen LogP contribution >= 0.6 is 0 Å². The van der Waals surface area contributed by atoms with Gasteiger partial charge in [0, 0.05) is 17.5 Å². The third kappa shape index (κ3) is 2.83. The summed E-state index contributed by atoms with van der Waals surface area (Å²) >= 11 is 0. The molecule has 3 rings (SSSR count). The lowest BCUT2D eigenvalue weighted by atomic mass is 9.94. The van der Waals surface area contributed by atoms with Crippen LogP contribution in [0, 0.1) is 0 Å². The number of nitrogens with one attached hydrogen (secondary N) is 1. The van der Waals surface area contributed by atoms with Gasteiger partial charge in [-0.3, -0.25) is 4.79 Å². The van der Waals surface area contributed by atoms with Gasteiger partial charge in [-0.05, 0) is 12.5 Å². The minimum absolute atomic E-state index is 0.0501. The Labute approximate surface area is 130 Å². The van der Waals surface area contributed by atoms with Gasteiger partial charge in [-0.1, -0.05) is 48.5 Å². The number of hydrogen-bond acceptors (Lipinski definition) is 3. The number of rotatable bonds is 3. The van der Waals surface area contributed by atoms with Gasteiger partial charge in [0.15, 0.2) is 0 Å². The van der Waals surface area contributed by atoms with Crippen molar-refractivity contribution in [3.05, 3.63) is 54.1 Å². The van der Waals surface area contributed by atoms with Crippen molar-refractivity contribution in [2.24, 2.45) is 5.73 Å². The van der Waals surface area contributed by atoms with Crippen LogP contribution in [-0.2, 0) is 4.79 Å². The quantitative estimate of drug-likeness (QED) is 0.915. The summed E-state index contributed by atoms with van der Waals surface area (Å²) in [6.45, 7) is 2.27. The van der Waals surface area contributed by atoms with E-state index in [1.54, 1.807) is 6.92 Å². The summed E-state index contributed by atoms with van der Waals surface area (Å²) < 4.78 is 5.90. The summed E-state index contributed by atoms with van der Waals surface area (Å²) in [5, 5.41) is 3.01. The molecular weight excluding hydrogens is 276 g/mol. The average molecular weight is 296 g/mol. The molecule has 4 heteroatoms. The smallest absolute Gasteiger partial charge is 0.237 e. The second kappa shape index (κ2) is 6.20. The van der Waals surface area contributed by atoms with Crippen molar-refractivity contribution >= 4 is 5.91 Å². The highest BCUT2D eigenvalue weighted by Crippen LogP contribution is 2.39. The van der Waals surface area contributed by atoms with Gasteiger partial charge in [-0.15, -0.1) is 0 Å². The van der Waals surface area contributed by atoms with E-state index >= 15 is 0 Å². The molecule has 0 saturated heterocycles. The Morgan fingerprint density at radius 2 is 2.00 bits per heavy atom. The van der Waals surface area contributed by atoms with Crippen molar-refractivity contribution in [1.82, 2.24) is 5.32 Å². The van der Waals surface area contributed by atoms with Gasteiger partial charge >= 0.3 is 0 Å². The predicted molar refractivity (Wildman–Crippen MR) is 86.5 cm³/mol. The summed E-state index contributed by atoms with van der Waals surface area (Å²) in [7, 11) is 0.